The molecule has 0 radical (unpaired) electrons. The minimum atomic E-state index is -0.599. The van der Waals surface area contributed by atoms with E-state index in [4.69, 9.17) is 16.3 Å². The summed E-state index contributed by atoms with van der Waals surface area (Å²) >= 11 is 7.36. The maximum atomic E-state index is 12.3. The Balaban J connectivity index is 1.60. The number of hydrogen-bond acceptors (Lipinski definition) is 5. The largest absolute Gasteiger partial charge is 0.456 e. The van der Waals surface area contributed by atoms with Crippen LogP contribution >= 0.6 is 23.4 Å². The number of esters is 1. The van der Waals surface area contributed by atoms with Crippen LogP contribution in [0, 0.1) is 0 Å². The average Bonchev–Trinajstić information content (AvgIpc) is 3.02. The topological polar surface area (TPSA) is 63.7 Å². The fraction of sp³-hybridized carbons (Fsp3) is 0.438. The molecule has 0 aromatic heterocycles. The molecule has 0 saturated carbocycles. The van der Waals surface area contributed by atoms with Crippen molar-refractivity contribution in [1.29, 1.82) is 0 Å². The Morgan fingerprint density at radius 2 is 2.09 bits per heavy atom. The van der Waals surface area contributed by atoms with Crippen molar-refractivity contribution >= 4 is 41.0 Å². The van der Waals surface area contributed by atoms with Crippen molar-refractivity contribution in [2.75, 3.05) is 12.4 Å². The van der Waals surface area contributed by atoms with Crippen LogP contribution in [0.15, 0.2) is 24.3 Å². The van der Waals surface area contributed by atoms with Crippen LogP contribution in [-0.2, 0) is 14.3 Å². The molecule has 1 aromatic rings. The highest BCUT2D eigenvalue weighted by Gasteiger charge is 2.53. The first-order valence-electron chi connectivity index (χ1n) is 7.32. The SMILES string of the molecule is C[C@]12CCC(=O)N1[C@@H](C(=O)OCC(=O)c1ccc(Cl)cc1)CS2. The molecule has 0 unspecified atom stereocenters. The molecular weight excluding hydrogens is 338 g/mol. The maximum absolute atomic E-state index is 12.3. The number of carbonyl (C=O) groups is 3. The molecule has 2 saturated heterocycles. The number of rotatable bonds is 4. The van der Waals surface area contributed by atoms with Crippen molar-refractivity contribution < 1.29 is 19.1 Å². The molecule has 2 atom stereocenters. The number of thioether (sulfide) groups is 1. The normalized spacial score (nSPS) is 26.3. The van der Waals surface area contributed by atoms with Gasteiger partial charge in [0.25, 0.3) is 0 Å². The first kappa shape index (κ1) is 16.3. The summed E-state index contributed by atoms with van der Waals surface area (Å²) < 4.78 is 5.15. The van der Waals surface area contributed by atoms with E-state index in [0.29, 0.717) is 22.8 Å². The highest BCUT2D eigenvalue weighted by Crippen LogP contribution is 2.47. The number of amides is 1. The first-order chi connectivity index (χ1) is 10.9. The quantitative estimate of drug-likeness (QED) is 0.614. The lowest BCUT2D eigenvalue weighted by atomic mass is 10.1. The van der Waals surface area contributed by atoms with Gasteiger partial charge in [-0.05, 0) is 37.6 Å². The Bertz CT molecular complexity index is 663. The number of carbonyl (C=O) groups excluding carboxylic acids is 3. The van der Waals surface area contributed by atoms with Crippen molar-refractivity contribution in [2.24, 2.45) is 0 Å². The van der Waals surface area contributed by atoms with Crippen molar-refractivity contribution in [1.82, 2.24) is 4.90 Å². The molecule has 0 N–H and O–H groups in total. The number of benzene rings is 1. The number of hydrogen-bond donors (Lipinski definition) is 0. The molecule has 2 aliphatic rings. The van der Waals surface area contributed by atoms with E-state index >= 15 is 0 Å². The number of ketones is 1. The molecular formula is C16H16ClNO4S. The molecule has 0 bridgehead atoms. The summed E-state index contributed by atoms with van der Waals surface area (Å²) in [6.07, 6.45) is 1.20. The summed E-state index contributed by atoms with van der Waals surface area (Å²) in [5.41, 5.74) is 0.435. The standard InChI is InChI=1S/C16H16ClNO4S/c1-16-7-6-14(20)18(16)12(9-23-16)15(21)22-8-13(19)10-2-4-11(17)5-3-10/h2-5,12H,6-9H2,1H3/t12-,16+/m1/s1. The van der Waals surface area contributed by atoms with Gasteiger partial charge in [-0.2, -0.15) is 0 Å². The second-order valence-electron chi connectivity index (χ2n) is 5.80. The smallest absolute Gasteiger partial charge is 0.330 e. The van der Waals surface area contributed by atoms with Gasteiger partial charge in [-0.15, -0.1) is 11.8 Å². The first-order valence-corrected chi connectivity index (χ1v) is 8.68. The number of ether oxygens (including phenoxy) is 1. The number of fused-ring (bicyclic) bond motifs is 1. The monoisotopic (exact) mass is 353 g/mol. The molecule has 23 heavy (non-hydrogen) atoms. The number of Topliss-reactive ketones (excluding diaryl/α,β-unsaturated/α-hetero) is 1. The van der Waals surface area contributed by atoms with Crippen LogP contribution in [0.3, 0.4) is 0 Å². The van der Waals surface area contributed by atoms with Gasteiger partial charge in [-0.25, -0.2) is 4.79 Å². The minimum absolute atomic E-state index is 0.0246. The lowest BCUT2D eigenvalue weighted by Gasteiger charge is -2.29. The van der Waals surface area contributed by atoms with Gasteiger partial charge in [0.05, 0.1) is 4.87 Å². The summed E-state index contributed by atoms with van der Waals surface area (Å²) in [5.74, 6) is -0.325. The zero-order chi connectivity index (χ0) is 16.6. The fourth-order valence-electron chi connectivity index (χ4n) is 2.95. The molecule has 5 nitrogen and oxygen atoms in total. The Labute approximate surface area is 143 Å². The van der Waals surface area contributed by atoms with E-state index in [1.165, 1.54) is 0 Å². The van der Waals surface area contributed by atoms with Crippen LogP contribution in [0.4, 0.5) is 0 Å². The second-order valence-corrected chi connectivity index (χ2v) is 7.74. The van der Waals surface area contributed by atoms with Gasteiger partial charge in [-0.3, -0.25) is 9.59 Å². The Morgan fingerprint density at radius 3 is 2.78 bits per heavy atom. The third-order valence-electron chi connectivity index (χ3n) is 4.23. The maximum Gasteiger partial charge on any atom is 0.330 e. The molecule has 1 amide bonds. The van der Waals surface area contributed by atoms with Gasteiger partial charge in [0.2, 0.25) is 5.91 Å². The second kappa shape index (κ2) is 6.17. The lowest BCUT2D eigenvalue weighted by molar-refractivity contribution is -0.152. The van der Waals surface area contributed by atoms with E-state index in [1.807, 2.05) is 6.92 Å². The summed E-state index contributed by atoms with van der Waals surface area (Å²) in [7, 11) is 0. The molecule has 7 heteroatoms. The summed E-state index contributed by atoms with van der Waals surface area (Å²) in [5, 5.41) is 0.536. The highest BCUT2D eigenvalue weighted by atomic mass is 35.5. The Hall–Kier alpha value is -1.53. The van der Waals surface area contributed by atoms with E-state index in [0.717, 1.165) is 6.42 Å². The third kappa shape index (κ3) is 3.10. The van der Waals surface area contributed by atoms with E-state index in [9.17, 15) is 14.4 Å². The predicted molar refractivity (Wildman–Crippen MR) is 87.5 cm³/mol. The summed E-state index contributed by atoms with van der Waals surface area (Å²) in [6, 6.07) is 5.80. The van der Waals surface area contributed by atoms with Crippen LogP contribution in [0.25, 0.3) is 0 Å². The predicted octanol–water partition coefficient (Wildman–Crippen LogP) is 2.52. The van der Waals surface area contributed by atoms with Crippen LogP contribution in [0.2, 0.25) is 5.02 Å². The molecule has 3 rings (SSSR count). The summed E-state index contributed by atoms with van der Waals surface area (Å²) in [6.45, 7) is 1.63. The molecule has 2 aliphatic heterocycles. The van der Waals surface area contributed by atoms with Crippen molar-refractivity contribution in [2.45, 2.75) is 30.7 Å². The molecule has 122 valence electrons. The van der Waals surface area contributed by atoms with Crippen LogP contribution in [0.1, 0.15) is 30.1 Å². The van der Waals surface area contributed by atoms with Gasteiger partial charge >= 0.3 is 5.97 Å². The molecule has 0 aliphatic carbocycles. The Morgan fingerprint density at radius 1 is 1.39 bits per heavy atom. The van der Waals surface area contributed by atoms with Crippen molar-refractivity contribution in [3.8, 4) is 0 Å². The number of halogens is 1. The summed E-state index contributed by atoms with van der Waals surface area (Å²) in [4.78, 5) is 37.6. The van der Waals surface area contributed by atoms with Crippen molar-refractivity contribution in [3.63, 3.8) is 0 Å². The molecule has 0 spiro atoms. The van der Waals surface area contributed by atoms with Crippen LogP contribution < -0.4 is 0 Å². The molecule has 2 fully saturated rings. The van der Waals surface area contributed by atoms with Gasteiger partial charge in [0.1, 0.15) is 6.04 Å². The van der Waals surface area contributed by atoms with Crippen LogP contribution in [0.5, 0.6) is 0 Å². The average molecular weight is 354 g/mol. The highest BCUT2D eigenvalue weighted by molar-refractivity contribution is 8.01. The Kier molecular flexibility index (Phi) is 4.38. The minimum Gasteiger partial charge on any atom is -0.456 e. The molecule has 2 heterocycles. The van der Waals surface area contributed by atoms with Gasteiger partial charge in [0, 0.05) is 22.8 Å². The van der Waals surface area contributed by atoms with Crippen LogP contribution in [-0.4, -0.2) is 45.8 Å². The van der Waals surface area contributed by atoms with E-state index in [1.54, 1.807) is 40.9 Å². The number of nitrogens with zero attached hydrogens (tertiary/aromatic N) is 1. The van der Waals surface area contributed by atoms with Crippen molar-refractivity contribution in [3.05, 3.63) is 34.9 Å². The lowest BCUT2D eigenvalue weighted by Crippen LogP contribution is -2.46. The zero-order valence-corrected chi connectivity index (χ0v) is 14.2. The molecule has 1 aromatic carbocycles. The van der Waals surface area contributed by atoms with Gasteiger partial charge < -0.3 is 9.64 Å². The van der Waals surface area contributed by atoms with Gasteiger partial charge in [-0.1, -0.05) is 11.6 Å². The van der Waals surface area contributed by atoms with Gasteiger partial charge in [0.15, 0.2) is 12.4 Å². The van der Waals surface area contributed by atoms with E-state index in [2.05, 4.69) is 0 Å². The third-order valence-corrected chi connectivity index (χ3v) is 5.99. The zero-order valence-electron chi connectivity index (χ0n) is 12.6. The van der Waals surface area contributed by atoms with E-state index < -0.39 is 12.0 Å². The fourth-order valence-corrected chi connectivity index (χ4v) is 4.49. The van der Waals surface area contributed by atoms with E-state index in [-0.39, 0.29) is 23.2 Å².